The van der Waals surface area contributed by atoms with Crippen molar-refractivity contribution in [3.8, 4) is 0 Å². The molecule has 1 atom stereocenters. The second-order valence-electron chi connectivity index (χ2n) is 4.69. The van der Waals surface area contributed by atoms with Crippen molar-refractivity contribution in [1.29, 1.82) is 0 Å². The van der Waals surface area contributed by atoms with E-state index in [1.165, 1.54) is 0 Å². The number of carbonyl (C=O) groups excluding carboxylic acids is 2. The number of carbonyl (C=O) groups is 2. The van der Waals surface area contributed by atoms with Crippen molar-refractivity contribution >= 4 is 23.6 Å². The number of hydrogen-bond acceptors (Lipinski definition) is 3. The highest BCUT2D eigenvalue weighted by molar-refractivity contribution is 7.97. The van der Waals surface area contributed by atoms with Crippen molar-refractivity contribution in [2.45, 2.75) is 24.6 Å². The van der Waals surface area contributed by atoms with Gasteiger partial charge >= 0.3 is 0 Å². The maximum Gasteiger partial charge on any atom is 0.254 e. The number of rotatable bonds is 4. The van der Waals surface area contributed by atoms with Gasteiger partial charge in [-0.1, -0.05) is 12.1 Å². The number of hydrogen-bond donors (Lipinski definition) is 1. The summed E-state index contributed by atoms with van der Waals surface area (Å²) in [5.41, 5.74) is 7.10. The molecule has 0 spiro atoms. The number of primary amides is 1. The van der Waals surface area contributed by atoms with Crippen LogP contribution in [0.5, 0.6) is 0 Å². The van der Waals surface area contributed by atoms with Crippen LogP contribution in [0.3, 0.4) is 0 Å². The predicted octanol–water partition coefficient (Wildman–Crippen LogP) is 1.64. The maximum absolute atomic E-state index is 12.4. The van der Waals surface area contributed by atoms with Gasteiger partial charge < -0.3 is 10.6 Å². The van der Waals surface area contributed by atoms with E-state index in [1.54, 1.807) is 22.7 Å². The van der Waals surface area contributed by atoms with Gasteiger partial charge in [0, 0.05) is 17.9 Å². The van der Waals surface area contributed by atoms with Crippen LogP contribution in [0.4, 0.5) is 0 Å². The Hall–Kier alpha value is -1.49. The van der Waals surface area contributed by atoms with Crippen LogP contribution in [0.1, 0.15) is 28.8 Å². The van der Waals surface area contributed by atoms with Crippen LogP contribution in [-0.2, 0) is 10.5 Å². The van der Waals surface area contributed by atoms with E-state index in [0.717, 1.165) is 17.7 Å². The third-order valence-electron chi connectivity index (χ3n) is 3.33. The van der Waals surface area contributed by atoms with Crippen molar-refractivity contribution in [1.82, 2.24) is 4.90 Å². The first-order chi connectivity index (χ1) is 9.13. The number of benzene rings is 1. The SMILES string of the molecule is CSCc1cccc(C(=O)N2CCCC2C(N)=O)c1. The lowest BCUT2D eigenvalue weighted by Gasteiger charge is -2.22. The van der Waals surface area contributed by atoms with Gasteiger partial charge in [-0.2, -0.15) is 11.8 Å². The fraction of sp³-hybridized carbons (Fsp3) is 0.429. The molecule has 1 heterocycles. The number of thioether (sulfide) groups is 1. The molecule has 1 fully saturated rings. The van der Waals surface area contributed by atoms with Gasteiger partial charge in [-0.05, 0) is 36.8 Å². The first-order valence-electron chi connectivity index (χ1n) is 6.31. The van der Waals surface area contributed by atoms with Crippen molar-refractivity contribution < 1.29 is 9.59 Å². The van der Waals surface area contributed by atoms with Gasteiger partial charge in [-0.15, -0.1) is 0 Å². The van der Waals surface area contributed by atoms with E-state index in [4.69, 9.17) is 5.73 Å². The van der Waals surface area contributed by atoms with Gasteiger partial charge in [0.25, 0.3) is 5.91 Å². The van der Waals surface area contributed by atoms with Crippen LogP contribution in [0.2, 0.25) is 0 Å². The quantitative estimate of drug-likeness (QED) is 0.910. The van der Waals surface area contributed by atoms with Gasteiger partial charge in [0.2, 0.25) is 5.91 Å². The number of nitrogens with two attached hydrogens (primary N) is 1. The van der Waals surface area contributed by atoms with Crippen LogP contribution in [0.15, 0.2) is 24.3 Å². The molecular weight excluding hydrogens is 260 g/mol. The minimum Gasteiger partial charge on any atom is -0.368 e. The minimum atomic E-state index is -0.447. The first-order valence-corrected chi connectivity index (χ1v) is 7.71. The first kappa shape index (κ1) is 13.9. The van der Waals surface area contributed by atoms with E-state index in [2.05, 4.69) is 0 Å². The zero-order valence-corrected chi connectivity index (χ0v) is 11.8. The van der Waals surface area contributed by atoms with Crippen molar-refractivity contribution in [2.24, 2.45) is 5.73 Å². The van der Waals surface area contributed by atoms with E-state index in [0.29, 0.717) is 18.5 Å². The molecule has 2 rings (SSSR count). The molecule has 1 aliphatic heterocycles. The summed E-state index contributed by atoms with van der Waals surface area (Å²) in [6.45, 7) is 0.610. The van der Waals surface area contributed by atoms with E-state index < -0.39 is 11.9 Å². The molecule has 4 nitrogen and oxygen atoms in total. The van der Waals surface area contributed by atoms with Crippen molar-refractivity contribution in [3.63, 3.8) is 0 Å². The van der Waals surface area contributed by atoms with E-state index in [-0.39, 0.29) is 5.91 Å². The van der Waals surface area contributed by atoms with Crippen LogP contribution in [0, 0.1) is 0 Å². The fourth-order valence-corrected chi connectivity index (χ4v) is 2.95. The van der Waals surface area contributed by atoms with Gasteiger partial charge in [-0.3, -0.25) is 9.59 Å². The Balaban J connectivity index is 2.19. The molecule has 1 aromatic carbocycles. The largest absolute Gasteiger partial charge is 0.368 e. The van der Waals surface area contributed by atoms with Crippen LogP contribution < -0.4 is 5.73 Å². The lowest BCUT2D eigenvalue weighted by atomic mass is 10.1. The Morgan fingerprint density at radius 1 is 1.47 bits per heavy atom. The molecule has 19 heavy (non-hydrogen) atoms. The lowest BCUT2D eigenvalue weighted by Crippen LogP contribution is -2.43. The molecule has 0 saturated carbocycles. The van der Waals surface area contributed by atoms with E-state index in [9.17, 15) is 9.59 Å². The normalized spacial score (nSPS) is 18.6. The molecule has 0 radical (unpaired) electrons. The van der Waals surface area contributed by atoms with Crippen LogP contribution >= 0.6 is 11.8 Å². The van der Waals surface area contributed by atoms with Gasteiger partial charge in [0.1, 0.15) is 6.04 Å². The third kappa shape index (κ3) is 3.10. The van der Waals surface area contributed by atoms with Crippen molar-refractivity contribution in [2.75, 3.05) is 12.8 Å². The molecular formula is C14H18N2O2S. The molecule has 2 amide bonds. The standard InChI is InChI=1S/C14H18N2O2S/c1-19-9-10-4-2-5-11(8-10)14(18)16-7-3-6-12(16)13(15)17/h2,4-5,8,12H,3,6-7,9H2,1H3,(H2,15,17). The zero-order chi connectivity index (χ0) is 13.8. The Morgan fingerprint density at radius 2 is 2.26 bits per heavy atom. The summed E-state index contributed by atoms with van der Waals surface area (Å²) in [4.78, 5) is 25.4. The average Bonchev–Trinajstić information content (AvgIpc) is 2.88. The van der Waals surface area contributed by atoms with Gasteiger partial charge in [0.05, 0.1) is 0 Å². The van der Waals surface area contributed by atoms with Crippen LogP contribution in [-0.4, -0.2) is 35.6 Å². The van der Waals surface area contributed by atoms with Gasteiger partial charge in [0.15, 0.2) is 0 Å². The number of likely N-dealkylation sites (tertiary alicyclic amines) is 1. The average molecular weight is 278 g/mol. The number of nitrogens with zero attached hydrogens (tertiary/aromatic N) is 1. The molecule has 0 aliphatic carbocycles. The Bertz CT molecular complexity index is 490. The third-order valence-corrected chi connectivity index (χ3v) is 3.95. The summed E-state index contributed by atoms with van der Waals surface area (Å²) in [7, 11) is 0. The summed E-state index contributed by atoms with van der Waals surface area (Å²) in [6, 6.07) is 7.13. The minimum absolute atomic E-state index is 0.0933. The molecule has 5 heteroatoms. The van der Waals surface area contributed by atoms with Crippen LogP contribution in [0.25, 0.3) is 0 Å². The highest BCUT2D eigenvalue weighted by Crippen LogP contribution is 2.21. The van der Waals surface area contributed by atoms with Gasteiger partial charge in [-0.25, -0.2) is 0 Å². The molecule has 0 aromatic heterocycles. The summed E-state index contributed by atoms with van der Waals surface area (Å²) in [5.74, 6) is 0.371. The topological polar surface area (TPSA) is 63.4 Å². The highest BCUT2D eigenvalue weighted by atomic mass is 32.2. The Kier molecular flexibility index (Phi) is 4.47. The molecule has 102 valence electrons. The molecule has 1 aliphatic rings. The Morgan fingerprint density at radius 3 is 2.95 bits per heavy atom. The molecule has 0 bridgehead atoms. The zero-order valence-electron chi connectivity index (χ0n) is 11.0. The van der Waals surface area contributed by atoms with E-state index in [1.807, 2.05) is 24.5 Å². The lowest BCUT2D eigenvalue weighted by molar-refractivity contribution is -0.121. The summed E-state index contributed by atoms with van der Waals surface area (Å²) < 4.78 is 0. The second kappa shape index (κ2) is 6.10. The smallest absolute Gasteiger partial charge is 0.254 e. The molecule has 1 saturated heterocycles. The summed E-state index contributed by atoms with van der Waals surface area (Å²) >= 11 is 1.71. The van der Waals surface area contributed by atoms with Crippen molar-refractivity contribution in [3.05, 3.63) is 35.4 Å². The molecule has 1 aromatic rings. The molecule has 2 N–H and O–H groups in total. The maximum atomic E-state index is 12.4. The molecule has 1 unspecified atom stereocenters. The Labute approximate surface area is 117 Å². The highest BCUT2D eigenvalue weighted by Gasteiger charge is 2.33. The second-order valence-corrected chi connectivity index (χ2v) is 5.56. The number of amides is 2. The monoisotopic (exact) mass is 278 g/mol. The predicted molar refractivity (Wildman–Crippen MR) is 76.9 cm³/mol. The summed E-state index contributed by atoms with van der Waals surface area (Å²) in [5, 5.41) is 0. The fourth-order valence-electron chi connectivity index (χ4n) is 2.43. The van der Waals surface area contributed by atoms with E-state index >= 15 is 0 Å². The summed E-state index contributed by atoms with van der Waals surface area (Å²) in [6.07, 6.45) is 3.54.